The van der Waals surface area contributed by atoms with Crippen LogP contribution in [-0.4, -0.2) is 23.8 Å². The molecule has 0 radical (unpaired) electrons. The Morgan fingerprint density at radius 1 is 0.812 bits per heavy atom. The van der Waals surface area contributed by atoms with Gasteiger partial charge in [-0.2, -0.15) is 0 Å². The van der Waals surface area contributed by atoms with Crippen LogP contribution in [-0.2, 0) is 9.30 Å². The summed E-state index contributed by atoms with van der Waals surface area (Å²) in [5.41, 5.74) is 3.94. The van der Waals surface area contributed by atoms with Gasteiger partial charge in [-0.3, -0.25) is 9.69 Å². The van der Waals surface area contributed by atoms with Gasteiger partial charge in [0.05, 0.1) is 12.7 Å². The van der Waals surface area contributed by atoms with Gasteiger partial charge in [0.2, 0.25) is 0 Å². The van der Waals surface area contributed by atoms with Crippen molar-refractivity contribution in [2.45, 2.75) is 20.8 Å². The number of benzene rings is 3. The maximum atomic E-state index is 13.1. The summed E-state index contributed by atoms with van der Waals surface area (Å²) in [5.74, 6) is -0.713. The molecule has 166 valence electrons. The van der Waals surface area contributed by atoms with Gasteiger partial charge in [0, 0.05) is 11.1 Å². The Bertz CT molecular complexity index is 1190. The molecule has 3 aromatic rings. The lowest BCUT2D eigenvalue weighted by Gasteiger charge is -2.15. The van der Waals surface area contributed by atoms with Gasteiger partial charge in [-0.25, -0.2) is 9.36 Å². The van der Waals surface area contributed by atoms with E-state index in [0.717, 1.165) is 16.7 Å². The number of aryl methyl sites for hydroxylation is 3. The van der Waals surface area contributed by atoms with E-state index in [2.05, 4.69) is 4.74 Å². The summed E-state index contributed by atoms with van der Waals surface area (Å²) in [5, 5.41) is 0. The standard InChI is InChI=1S/C24H23O7P/c1-15-12-16(2)22(17(3)13-15)23(25)19-6-5-7-21(14-19)31-32(27,28)30-20-10-8-18(9-11-20)24(26)29-4/h5-14H,1-4H3,(H,27,28). The normalized spacial score (nSPS) is 12.5. The highest BCUT2D eigenvalue weighted by atomic mass is 31.2. The van der Waals surface area contributed by atoms with Crippen molar-refractivity contribution < 1.29 is 32.8 Å². The fraction of sp³-hybridized carbons (Fsp3) is 0.167. The third kappa shape index (κ3) is 5.44. The molecule has 0 amide bonds. The van der Waals surface area contributed by atoms with Crippen LogP contribution < -0.4 is 9.05 Å². The van der Waals surface area contributed by atoms with Crippen LogP contribution in [0.15, 0.2) is 60.7 Å². The van der Waals surface area contributed by atoms with Gasteiger partial charge in [0.1, 0.15) is 11.5 Å². The Kier molecular flexibility index (Phi) is 6.82. The number of carbonyl (C=O) groups is 2. The Morgan fingerprint density at radius 2 is 1.41 bits per heavy atom. The molecule has 3 rings (SSSR count). The first-order chi connectivity index (χ1) is 15.1. The van der Waals surface area contributed by atoms with Crippen molar-refractivity contribution in [3.8, 4) is 11.5 Å². The van der Waals surface area contributed by atoms with Crippen molar-refractivity contribution in [3.05, 3.63) is 94.0 Å². The molecule has 0 saturated carbocycles. The van der Waals surface area contributed by atoms with E-state index in [1.165, 1.54) is 43.5 Å². The van der Waals surface area contributed by atoms with Gasteiger partial charge < -0.3 is 13.8 Å². The quantitative estimate of drug-likeness (QED) is 0.298. The molecule has 1 atom stereocenters. The smallest absolute Gasteiger partial charge is 0.465 e. The summed E-state index contributed by atoms with van der Waals surface area (Å²) in [4.78, 5) is 34.7. The first-order valence-corrected chi connectivity index (χ1v) is 11.2. The molecule has 7 nitrogen and oxygen atoms in total. The molecule has 1 unspecified atom stereocenters. The molecule has 0 aromatic heterocycles. The minimum Gasteiger partial charge on any atom is -0.465 e. The average Bonchev–Trinajstić information content (AvgIpc) is 2.72. The van der Waals surface area contributed by atoms with E-state index in [4.69, 9.17) is 9.05 Å². The molecule has 8 heteroatoms. The number of phosphoric acid groups is 1. The van der Waals surface area contributed by atoms with Crippen molar-refractivity contribution >= 4 is 19.6 Å². The third-order valence-electron chi connectivity index (χ3n) is 4.72. The topological polar surface area (TPSA) is 99.1 Å². The predicted octanol–water partition coefficient (Wildman–Crippen LogP) is 5.19. The summed E-state index contributed by atoms with van der Waals surface area (Å²) < 4.78 is 27.3. The van der Waals surface area contributed by atoms with Gasteiger partial charge in [0.15, 0.2) is 5.78 Å². The van der Waals surface area contributed by atoms with Crippen molar-refractivity contribution in [1.29, 1.82) is 0 Å². The number of esters is 1. The first kappa shape index (κ1) is 23.3. The lowest BCUT2D eigenvalue weighted by Crippen LogP contribution is -2.07. The SMILES string of the molecule is COC(=O)c1ccc(OP(=O)(O)Oc2cccc(C(=O)c3c(C)cc(C)cc3C)c2)cc1. The fourth-order valence-electron chi connectivity index (χ4n) is 3.43. The van der Waals surface area contributed by atoms with Crippen molar-refractivity contribution in [2.24, 2.45) is 0 Å². The van der Waals surface area contributed by atoms with Gasteiger partial charge in [-0.1, -0.05) is 29.8 Å². The molecule has 0 aliphatic heterocycles. The van der Waals surface area contributed by atoms with Crippen LogP contribution in [0.2, 0.25) is 0 Å². The molecule has 1 N–H and O–H groups in total. The molecule has 0 heterocycles. The monoisotopic (exact) mass is 454 g/mol. The second-order valence-electron chi connectivity index (χ2n) is 7.30. The Hall–Kier alpha value is -3.41. The van der Waals surface area contributed by atoms with E-state index in [1.54, 1.807) is 12.1 Å². The molecule has 0 aliphatic rings. The number of phosphoric ester groups is 1. The molecule has 0 spiro atoms. The van der Waals surface area contributed by atoms with Crippen LogP contribution in [0.5, 0.6) is 11.5 Å². The van der Waals surface area contributed by atoms with Gasteiger partial charge in [0.25, 0.3) is 0 Å². The lowest BCUT2D eigenvalue weighted by molar-refractivity contribution is 0.0600. The predicted molar refractivity (Wildman–Crippen MR) is 119 cm³/mol. The zero-order valence-corrected chi connectivity index (χ0v) is 19.0. The number of hydrogen-bond donors (Lipinski definition) is 1. The largest absolute Gasteiger partial charge is 0.584 e. The summed E-state index contributed by atoms with van der Waals surface area (Å²) in [6, 6.07) is 15.4. The van der Waals surface area contributed by atoms with Crippen molar-refractivity contribution in [3.63, 3.8) is 0 Å². The van der Waals surface area contributed by atoms with E-state index in [9.17, 15) is 19.0 Å². The van der Waals surface area contributed by atoms with Gasteiger partial charge in [-0.15, -0.1) is 0 Å². The number of ether oxygens (including phenoxy) is 1. The maximum absolute atomic E-state index is 13.1. The van der Waals surface area contributed by atoms with E-state index in [0.29, 0.717) is 11.1 Å². The van der Waals surface area contributed by atoms with E-state index in [1.807, 2.05) is 32.9 Å². The van der Waals surface area contributed by atoms with Crippen LogP contribution >= 0.6 is 7.82 Å². The molecule has 0 saturated heterocycles. The second-order valence-corrected chi connectivity index (χ2v) is 8.60. The zero-order valence-electron chi connectivity index (χ0n) is 18.1. The van der Waals surface area contributed by atoms with E-state index >= 15 is 0 Å². The van der Waals surface area contributed by atoms with Crippen molar-refractivity contribution in [1.82, 2.24) is 0 Å². The Balaban J connectivity index is 1.78. The first-order valence-electron chi connectivity index (χ1n) is 9.72. The van der Waals surface area contributed by atoms with Crippen LogP contribution in [0.4, 0.5) is 0 Å². The molecule has 0 bridgehead atoms. The zero-order chi connectivity index (χ0) is 23.5. The van der Waals surface area contributed by atoms with Gasteiger partial charge >= 0.3 is 13.8 Å². The van der Waals surface area contributed by atoms with E-state index < -0.39 is 13.8 Å². The lowest BCUT2D eigenvalue weighted by atomic mass is 9.93. The number of methoxy groups -OCH3 is 1. The summed E-state index contributed by atoms with van der Waals surface area (Å²) >= 11 is 0. The third-order valence-corrected chi connectivity index (χ3v) is 5.60. The molecule has 0 fully saturated rings. The highest BCUT2D eigenvalue weighted by Gasteiger charge is 2.26. The highest BCUT2D eigenvalue weighted by Crippen LogP contribution is 2.44. The Morgan fingerprint density at radius 3 is 2.00 bits per heavy atom. The van der Waals surface area contributed by atoms with Crippen molar-refractivity contribution in [2.75, 3.05) is 7.11 Å². The number of rotatable bonds is 7. The fourth-order valence-corrected chi connectivity index (χ4v) is 4.24. The molecular formula is C24H23O7P. The highest BCUT2D eigenvalue weighted by molar-refractivity contribution is 7.48. The minimum atomic E-state index is -4.56. The minimum absolute atomic E-state index is 0.00952. The second kappa shape index (κ2) is 9.39. The Labute approximate surface area is 186 Å². The molecular weight excluding hydrogens is 431 g/mol. The van der Waals surface area contributed by atoms with Gasteiger partial charge in [-0.05, 0) is 68.3 Å². The summed E-state index contributed by atoms with van der Waals surface area (Å²) in [6.07, 6.45) is 0. The summed E-state index contributed by atoms with van der Waals surface area (Å²) in [6.45, 7) is 5.70. The average molecular weight is 454 g/mol. The number of carbonyl (C=O) groups excluding carboxylic acids is 2. The molecule has 3 aromatic carbocycles. The molecule has 32 heavy (non-hydrogen) atoms. The number of hydrogen-bond acceptors (Lipinski definition) is 6. The maximum Gasteiger partial charge on any atom is 0.584 e. The molecule has 0 aliphatic carbocycles. The van der Waals surface area contributed by atoms with E-state index in [-0.39, 0.29) is 22.8 Å². The number of ketones is 1. The van der Waals surface area contributed by atoms with Crippen LogP contribution in [0.3, 0.4) is 0 Å². The van der Waals surface area contributed by atoms with Crippen LogP contribution in [0, 0.1) is 20.8 Å². The van der Waals surface area contributed by atoms with Crippen LogP contribution in [0.25, 0.3) is 0 Å². The summed E-state index contributed by atoms with van der Waals surface area (Å²) in [7, 11) is -3.30. The van der Waals surface area contributed by atoms with Crippen LogP contribution in [0.1, 0.15) is 43.0 Å².